The van der Waals surface area contributed by atoms with Gasteiger partial charge >= 0.3 is 0 Å². The number of hydrogen-bond donors (Lipinski definition) is 0. The monoisotopic (exact) mass is 191 g/mol. The van der Waals surface area contributed by atoms with Crippen LogP contribution in [0.1, 0.15) is 5.56 Å². The molecule has 0 aliphatic carbocycles. The van der Waals surface area contributed by atoms with Crippen LogP contribution in [0, 0.1) is 11.3 Å². The lowest BCUT2D eigenvalue weighted by Gasteiger charge is -1.95. The first-order valence-corrected chi connectivity index (χ1v) is 5.29. The zero-order chi connectivity index (χ0) is 9.68. The van der Waals surface area contributed by atoms with Crippen molar-refractivity contribution in [2.45, 2.75) is 4.90 Å². The molecule has 0 heterocycles. The molecule has 0 saturated heterocycles. The minimum absolute atomic E-state index is 0.800. The average molecular weight is 191 g/mol. The summed E-state index contributed by atoms with van der Waals surface area (Å²) >= 11 is 0. The van der Waals surface area contributed by atoms with Gasteiger partial charge in [-0.25, -0.2) is 0 Å². The van der Waals surface area contributed by atoms with Crippen molar-refractivity contribution in [1.29, 1.82) is 5.26 Å². The van der Waals surface area contributed by atoms with Crippen LogP contribution in [-0.4, -0.2) is 10.5 Å². The molecule has 0 aliphatic heterocycles. The molecule has 0 N–H and O–H groups in total. The Balaban J connectivity index is 2.89. The lowest BCUT2D eigenvalue weighted by atomic mass is 10.2. The van der Waals surface area contributed by atoms with Crippen LogP contribution in [0.4, 0.5) is 0 Å². The van der Waals surface area contributed by atoms with E-state index in [9.17, 15) is 4.21 Å². The summed E-state index contributed by atoms with van der Waals surface area (Å²) in [6.45, 7) is 0. The fourth-order valence-corrected chi connectivity index (χ4v) is 1.42. The van der Waals surface area contributed by atoms with E-state index in [0.717, 1.165) is 10.5 Å². The molecule has 1 atom stereocenters. The first-order chi connectivity index (χ1) is 6.24. The van der Waals surface area contributed by atoms with E-state index in [2.05, 4.69) is 0 Å². The van der Waals surface area contributed by atoms with Gasteiger partial charge in [0, 0.05) is 28.0 Å². The van der Waals surface area contributed by atoms with Crippen LogP contribution in [-0.2, 0) is 10.8 Å². The van der Waals surface area contributed by atoms with Crippen molar-refractivity contribution in [3.05, 3.63) is 35.9 Å². The molecule has 1 aromatic rings. The summed E-state index contributed by atoms with van der Waals surface area (Å²) in [6.07, 6.45) is 4.76. The average Bonchev–Trinajstić information content (AvgIpc) is 2.15. The van der Waals surface area contributed by atoms with Gasteiger partial charge < -0.3 is 0 Å². The fourth-order valence-electron chi connectivity index (χ4n) is 0.904. The first kappa shape index (κ1) is 9.69. The molecular formula is C10H9NOS. The fraction of sp³-hybridized carbons (Fsp3) is 0.100. The van der Waals surface area contributed by atoms with E-state index in [0.29, 0.717) is 0 Å². The molecule has 1 aromatic carbocycles. The van der Waals surface area contributed by atoms with E-state index in [-0.39, 0.29) is 0 Å². The van der Waals surface area contributed by atoms with E-state index < -0.39 is 10.8 Å². The summed E-state index contributed by atoms with van der Waals surface area (Å²) < 4.78 is 11.0. The smallest absolute Gasteiger partial charge is 0.0912 e. The molecule has 0 radical (unpaired) electrons. The number of allylic oxidation sites excluding steroid dienone is 1. The Labute approximate surface area is 80.0 Å². The maximum atomic E-state index is 11.0. The van der Waals surface area contributed by atoms with E-state index in [4.69, 9.17) is 5.26 Å². The molecule has 0 fully saturated rings. The van der Waals surface area contributed by atoms with Gasteiger partial charge in [0.15, 0.2) is 0 Å². The molecule has 66 valence electrons. The van der Waals surface area contributed by atoms with Crippen LogP contribution >= 0.6 is 0 Å². The van der Waals surface area contributed by atoms with Crippen molar-refractivity contribution in [1.82, 2.24) is 0 Å². The van der Waals surface area contributed by atoms with E-state index in [1.807, 2.05) is 18.2 Å². The molecule has 0 bridgehead atoms. The third kappa shape index (κ3) is 2.85. The largest absolute Gasteiger partial charge is 0.255 e. The van der Waals surface area contributed by atoms with Crippen LogP contribution in [0.5, 0.6) is 0 Å². The van der Waals surface area contributed by atoms with Crippen LogP contribution in [0.2, 0.25) is 0 Å². The normalized spacial score (nSPS) is 12.6. The first-order valence-electron chi connectivity index (χ1n) is 3.73. The Morgan fingerprint density at radius 1 is 1.38 bits per heavy atom. The highest BCUT2D eigenvalue weighted by Gasteiger charge is 1.94. The Hall–Kier alpha value is -1.40. The second kappa shape index (κ2) is 4.58. The molecule has 0 saturated carbocycles. The van der Waals surface area contributed by atoms with Gasteiger partial charge in [0.1, 0.15) is 0 Å². The number of nitrogens with zero attached hydrogens (tertiary/aromatic N) is 1. The third-order valence-corrected chi connectivity index (χ3v) is 2.50. The highest BCUT2D eigenvalue weighted by atomic mass is 32.2. The summed E-state index contributed by atoms with van der Waals surface area (Å²) in [5, 5.41) is 8.28. The van der Waals surface area contributed by atoms with Gasteiger partial charge in [0.05, 0.1) is 6.07 Å². The molecular weight excluding hydrogens is 182 g/mol. The molecule has 0 aromatic heterocycles. The van der Waals surface area contributed by atoms with E-state index in [1.165, 1.54) is 6.08 Å². The number of hydrogen-bond acceptors (Lipinski definition) is 2. The number of benzene rings is 1. The summed E-state index contributed by atoms with van der Waals surface area (Å²) in [6, 6.07) is 9.19. The standard InChI is InChI=1S/C10H9NOS/c1-13(12)10-6-4-9(5-7-10)3-2-8-11/h2-7H,1H3. The van der Waals surface area contributed by atoms with Gasteiger partial charge in [-0.15, -0.1) is 0 Å². The van der Waals surface area contributed by atoms with Gasteiger partial charge in [-0.05, 0) is 23.8 Å². The Morgan fingerprint density at radius 3 is 2.46 bits per heavy atom. The predicted molar refractivity (Wildman–Crippen MR) is 53.4 cm³/mol. The zero-order valence-corrected chi connectivity index (χ0v) is 8.04. The molecule has 3 heteroatoms. The molecule has 2 nitrogen and oxygen atoms in total. The SMILES string of the molecule is CS(=O)c1ccc(C=CC#N)cc1. The second-order valence-electron chi connectivity index (χ2n) is 2.49. The Kier molecular flexibility index (Phi) is 3.41. The summed E-state index contributed by atoms with van der Waals surface area (Å²) in [5.74, 6) is 0. The molecule has 0 aliphatic rings. The summed E-state index contributed by atoms with van der Waals surface area (Å²) in [5.41, 5.74) is 0.941. The van der Waals surface area contributed by atoms with Gasteiger partial charge in [0.2, 0.25) is 0 Å². The highest BCUT2D eigenvalue weighted by Crippen LogP contribution is 2.08. The number of nitriles is 1. The summed E-state index contributed by atoms with van der Waals surface area (Å²) in [7, 11) is -0.932. The lowest BCUT2D eigenvalue weighted by Crippen LogP contribution is -1.85. The molecule has 0 amide bonds. The van der Waals surface area contributed by atoms with Crippen molar-refractivity contribution in [3.63, 3.8) is 0 Å². The van der Waals surface area contributed by atoms with Crippen LogP contribution in [0.3, 0.4) is 0 Å². The van der Waals surface area contributed by atoms with Gasteiger partial charge in [-0.1, -0.05) is 12.1 Å². The maximum absolute atomic E-state index is 11.0. The number of rotatable bonds is 2. The molecule has 13 heavy (non-hydrogen) atoms. The lowest BCUT2D eigenvalue weighted by molar-refractivity contribution is 0.687. The van der Waals surface area contributed by atoms with Crippen LogP contribution < -0.4 is 0 Å². The topological polar surface area (TPSA) is 40.9 Å². The molecule has 1 rings (SSSR count). The van der Waals surface area contributed by atoms with Crippen molar-refractivity contribution in [3.8, 4) is 6.07 Å². The Bertz CT molecular complexity index is 373. The Morgan fingerprint density at radius 2 is 2.00 bits per heavy atom. The van der Waals surface area contributed by atoms with Crippen molar-refractivity contribution >= 4 is 16.9 Å². The van der Waals surface area contributed by atoms with Crippen molar-refractivity contribution in [2.75, 3.05) is 6.26 Å². The minimum Gasteiger partial charge on any atom is -0.255 e. The minimum atomic E-state index is -0.932. The van der Waals surface area contributed by atoms with Gasteiger partial charge in [0.25, 0.3) is 0 Å². The van der Waals surface area contributed by atoms with Gasteiger partial charge in [-0.3, -0.25) is 4.21 Å². The predicted octanol–water partition coefficient (Wildman–Crippen LogP) is 1.96. The van der Waals surface area contributed by atoms with Crippen LogP contribution in [0.15, 0.2) is 35.2 Å². The third-order valence-electron chi connectivity index (χ3n) is 1.56. The summed E-state index contributed by atoms with van der Waals surface area (Å²) in [4.78, 5) is 0.800. The van der Waals surface area contributed by atoms with E-state index in [1.54, 1.807) is 24.5 Å². The zero-order valence-electron chi connectivity index (χ0n) is 7.23. The van der Waals surface area contributed by atoms with Crippen LogP contribution in [0.25, 0.3) is 6.08 Å². The molecule has 0 spiro atoms. The molecule has 1 unspecified atom stereocenters. The van der Waals surface area contributed by atoms with Gasteiger partial charge in [-0.2, -0.15) is 5.26 Å². The highest BCUT2D eigenvalue weighted by molar-refractivity contribution is 7.84. The second-order valence-corrected chi connectivity index (χ2v) is 3.87. The van der Waals surface area contributed by atoms with Crippen molar-refractivity contribution in [2.24, 2.45) is 0 Å². The maximum Gasteiger partial charge on any atom is 0.0912 e. The quantitative estimate of drug-likeness (QED) is 0.670. The van der Waals surface area contributed by atoms with Crippen molar-refractivity contribution < 1.29 is 4.21 Å². The van der Waals surface area contributed by atoms with E-state index >= 15 is 0 Å².